The number of alkyl halides is 3. The van der Waals surface area contributed by atoms with Crippen molar-refractivity contribution in [2.45, 2.75) is 12.7 Å². The summed E-state index contributed by atoms with van der Waals surface area (Å²) in [5.41, 5.74) is 0. The summed E-state index contributed by atoms with van der Waals surface area (Å²) in [6.07, 6.45) is -2.32. The molecular weight excluding hydrogens is 217 g/mol. The second-order valence-electron chi connectivity index (χ2n) is 2.67. The van der Waals surface area contributed by atoms with E-state index in [9.17, 15) is 18.0 Å². The normalized spacial score (nSPS) is 11.4. The van der Waals surface area contributed by atoms with Crippen LogP contribution in [0.5, 0.6) is 5.75 Å². The van der Waals surface area contributed by atoms with Crippen molar-refractivity contribution >= 4 is 5.97 Å². The van der Waals surface area contributed by atoms with Gasteiger partial charge in [-0.05, 0) is 0 Å². The van der Waals surface area contributed by atoms with Gasteiger partial charge in [-0.25, -0.2) is 0 Å². The van der Waals surface area contributed by atoms with Crippen LogP contribution in [-0.2, 0) is 11.3 Å². The number of carboxylic acids is 1. The third kappa shape index (κ3) is 4.34. The number of hydrogen-bond donors (Lipinski definition) is 1. The molecule has 0 unspecified atom stereocenters. The molecule has 1 rings (SSSR count). The first kappa shape index (κ1) is 11.3. The maximum Gasteiger partial charge on any atom is 0.422 e. The average Bonchev–Trinajstić information content (AvgIpc) is 2.46. The molecule has 1 N–H and O–H groups in total. The largest absolute Gasteiger partial charge is 0.481 e. The molecule has 0 saturated heterocycles. The average molecular weight is 224 g/mol. The monoisotopic (exact) mass is 224 g/mol. The van der Waals surface area contributed by atoms with Crippen LogP contribution in [0, 0.1) is 0 Å². The summed E-state index contributed by atoms with van der Waals surface area (Å²) in [6.45, 7) is -1.85. The highest BCUT2D eigenvalue weighted by Crippen LogP contribution is 2.17. The van der Waals surface area contributed by atoms with E-state index >= 15 is 0 Å². The minimum Gasteiger partial charge on any atom is -0.481 e. The highest BCUT2D eigenvalue weighted by molar-refractivity contribution is 5.66. The van der Waals surface area contributed by atoms with Crippen molar-refractivity contribution in [1.82, 2.24) is 9.78 Å². The zero-order valence-corrected chi connectivity index (χ0v) is 7.36. The molecule has 0 saturated carbocycles. The molecule has 0 radical (unpaired) electrons. The number of aromatic nitrogens is 2. The molecule has 5 nitrogen and oxygen atoms in total. The first-order valence-electron chi connectivity index (χ1n) is 3.80. The van der Waals surface area contributed by atoms with Gasteiger partial charge in [-0.3, -0.25) is 9.48 Å². The van der Waals surface area contributed by atoms with Crippen molar-refractivity contribution < 1.29 is 27.8 Å². The SMILES string of the molecule is O=C(O)Cn1cc(OCC(F)(F)F)cn1. The molecule has 0 aromatic carbocycles. The summed E-state index contributed by atoms with van der Waals surface area (Å²) in [4.78, 5) is 10.2. The standard InChI is InChI=1S/C7H7F3N2O3/c8-7(9,10)4-15-5-1-11-12(2-5)3-6(13)14/h1-2H,3-4H2,(H,13,14). The Hall–Kier alpha value is -1.73. The molecule has 0 fully saturated rings. The second kappa shape index (κ2) is 4.20. The third-order valence-electron chi connectivity index (χ3n) is 1.31. The number of aliphatic carboxylic acids is 1. The maximum atomic E-state index is 11.7. The molecule has 0 spiro atoms. The van der Waals surface area contributed by atoms with Crippen LogP contribution in [0.25, 0.3) is 0 Å². The van der Waals surface area contributed by atoms with E-state index in [1.807, 2.05) is 0 Å². The molecule has 84 valence electrons. The maximum absolute atomic E-state index is 11.7. The summed E-state index contributed by atoms with van der Waals surface area (Å²) in [7, 11) is 0. The van der Waals surface area contributed by atoms with Crippen molar-refractivity contribution in [3.8, 4) is 5.75 Å². The quantitative estimate of drug-likeness (QED) is 0.825. The topological polar surface area (TPSA) is 64.3 Å². The fourth-order valence-corrected chi connectivity index (χ4v) is 0.809. The minimum atomic E-state index is -4.42. The Labute approximate surface area is 82.1 Å². The Morgan fingerprint density at radius 1 is 1.60 bits per heavy atom. The molecular formula is C7H7F3N2O3. The number of nitrogens with zero attached hydrogens (tertiary/aromatic N) is 2. The fourth-order valence-electron chi connectivity index (χ4n) is 0.809. The summed E-state index contributed by atoms with van der Waals surface area (Å²) >= 11 is 0. The number of carboxylic acid groups (broad SMARTS) is 1. The van der Waals surface area contributed by atoms with Gasteiger partial charge in [-0.15, -0.1) is 0 Å². The van der Waals surface area contributed by atoms with Gasteiger partial charge < -0.3 is 9.84 Å². The van der Waals surface area contributed by atoms with Crippen LogP contribution in [0.4, 0.5) is 13.2 Å². The summed E-state index contributed by atoms with van der Waals surface area (Å²) in [6, 6.07) is 0. The molecule has 1 heterocycles. The van der Waals surface area contributed by atoms with Gasteiger partial charge in [0.05, 0.1) is 12.4 Å². The molecule has 0 aliphatic carbocycles. The van der Waals surface area contributed by atoms with E-state index in [0.29, 0.717) is 0 Å². The molecule has 1 aromatic heterocycles. The van der Waals surface area contributed by atoms with Crippen LogP contribution in [0.2, 0.25) is 0 Å². The fraction of sp³-hybridized carbons (Fsp3) is 0.429. The van der Waals surface area contributed by atoms with Gasteiger partial charge in [-0.2, -0.15) is 18.3 Å². The smallest absolute Gasteiger partial charge is 0.422 e. The van der Waals surface area contributed by atoms with Crippen LogP contribution < -0.4 is 4.74 Å². The predicted molar refractivity (Wildman–Crippen MR) is 41.4 cm³/mol. The predicted octanol–water partition coefficient (Wildman–Crippen LogP) is 0.909. The highest BCUT2D eigenvalue weighted by Gasteiger charge is 2.28. The Bertz CT molecular complexity index is 347. The summed E-state index contributed by atoms with van der Waals surface area (Å²) in [5.74, 6) is -1.26. The number of halogens is 3. The number of hydrogen-bond acceptors (Lipinski definition) is 3. The third-order valence-corrected chi connectivity index (χ3v) is 1.31. The van der Waals surface area contributed by atoms with Crippen molar-refractivity contribution in [2.75, 3.05) is 6.61 Å². The molecule has 0 aliphatic rings. The van der Waals surface area contributed by atoms with Crippen molar-refractivity contribution in [3.63, 3.8) is 0 Å². The van der Waals surface area contributed by atoms with Crippen LogP contribution in [0.3, 0.4) is 0 Å². The Balaban J connectivity index is 2.50. The van der Waals surface area contributed by atoms with Gasteiger partial charge in [0.2, 0.25) is 0 Å². The zero-order chi connectivity index (χ0) is 11.5. The van der Waals surface area contributed by atoms with Gasteiger partial charge >= 0.3 is 12.1 Å². The first-order valence-corrected chi connectivity index (χ1v) is 3.80. The van der Waals surface area contributed by atoms with Gasteiger partial charge in [0, 0.05) is 0 Å². The molecule has 0 atom stereocenters. The van der Waals surface area contributed by atoms with Gasteiger partial charge in [0.15, 0.2) is 12.4 Å². The van der Waals surface area contributed by atoms with Crippen LogP contribution in [0.1, 0.15) is 0 Å². The molecule has 0 aliphatic heterocycles. The lowest BCUT2D eigenvalue weighted by Gasteiger charge is -2.06. The van der Waals surface area contributed by atoms with Crippen molar-refractivity contribution in [3.05, 3.63) is 12.4 Å². The van der Waals surface area contributed by atoms with E-state index < -0.39 is 25.3 Å². The second-order valence-corrected chi connectivity index (χ2v) is 2.67. The van der Waals surface area contributed by atoms with Crippen molar-refractivity contribution in [2.24, 2.45) is 0 Å². The van der Waals surface area contributed by atoms with Gasteiger partial charge in [0.25, 0.3) is 0 Å². The lowest BCUT2D eigenvalue weighted by molar-refractivity contribution is -0.153. The van der Waals surface area contributed by atoms with Crippen molar-refractivity contribution in [1.29, 1.82) is 0 Å². The van der Waals surface area contributed by atoms with E-state index in [-0.39, 0.29) is 5.75 Å². The van der Waals surface area contributed by atoms with Crippen LogP contribution >= 0.6 is 0 Å². The number of carbonyl (C=O) groups is 1. The summed E-state index contributed by atoms with van der Waals surface area (Å²) in [5, 5.41) is 11.9. The molecule has 1 aromatic rings. The number of rotatable bonds is 4. The van der Waals surface area contributed by atoms with E-state index in [4.69, 9.17) is 5.11 Å². The Morgan fingerprint density at radius 3 is 2.80 bits per heavy atom. The van der Waals surface area contributed by atoms with E-state index in [0.717, 1.165) is 17.1 Å². The van der Waals surface area contributed by atoms with E-state index in [1.54, 1.807) is 0 Å². The molecule has 15 heavy (non-hydrogen) atoms. The van der Waals surface area contributed by atoms with Gasteiger partial charge in [0.1, 0.15) is 6.54 Å². The Kier molecular flexibility index (Phi) is 3.17. The van der Waals surface area contributed by atoms with E-state index in [1.165, 1.54) is 0 Å². The molecule has 0 bridgehead atoms. The summed E-state index contributed by atoms with van der Waals surface area (Å²) < 4.78 is 40.4. The van der Waals surface area contributed by atoms with Gasteiger partial charge in [-0.1, -0.05) is 0 Å². The zero-order valence-electron chi connectivity index (χ0n) is 7.36. The molecule has 0 amide bonds. The first-order chi connectivity index (χ1) is 6.87. The van der Waals surface area contributed by atoms with E-state index in [2.05, 4.69) is 9.84 Å². The van der Waals surface area contributed by atoms with Crippen LogP contribution in [0.15, 0.2) is 12.4 Å². The van der Waals surface area contributed by atoms with Crippen LogP contribution in [-0.4, -0.2) is 33.6 Å². The molecule has 8 heteroatoms. The lowest BCUT2D eigenvalue weighted by Crippen LogP contribution is -2.19. The minimum absolute atomic E-state index is 0.117. The number of ether oxygens (including phenoxy) is 1. The Morgan fingerprint density at radius 2 is 2.27 bits per heavy atom. The lowest BCUT2D eigenvalue weighted by atomic mass is 10.6. The highest BCUT2D eigenvalue weighted by atomic mass is 19.4.